The van der Waals surface area contributed by atoms with Crippen molar-refractivity contribution < 1.29 is 9.47 Å². The molecule has 0 aromatic carbocycles. The Morgan fingerprint density at radius 1 is 1.75 bits per heavy atom. The zero-order valence-electron chi connectivity index (χ0n) is 5.05. The van der Waals surface area contributed by atoms with Gasteiger partial charge in [0.05, 0.1) is 12.5 Å². The Kier molecular flexibility index (Phi) is 0.649. The highest BCUT2D eigenvalue weighted by molar-refractivity contribution is 5.13. The van der Waals surface area contributed by atoms with E-state index in [0.717, 1.165) is 19.6 Å². The molecule has 2 fully saturated rings. The van der Waals surface area contributed by atoms with E-state index >= 15 is 0 Å². The SMILES string of the molecule is C[C@H](O)CC12C[O+]1C2. The van der Waals surface area contributed by atoms with Crippen LogP contribution in [0.3, 0.4) is 0 Å². The first kappa shape index (κ1) is 4.77. The lowest BCUT2D eigenvalue weighted by Crippen LogP contribution is -2.11. The summed E-state index contributed by atoms with van der Waals surface area (Å²) in [5, 5.41) is 8.91. The minimum atomic E-state index is -0.116. The van der Waals surface area contributed by atoms with Crippen molar-refractivity contribution in [2.45, 2.75) is 25.0 Å². The van der Waals surface area contributed by atoms with Crippen LogP contribution >= 0.6 is 0 Å². The van der Waals surface area contributed by atoms with E-state index in [1.807, 2.05) is 6.92 Å². The third kappa shape index (κ3) is 0.501. The Morgan fingerprint density at radius 2 is 2.25 bits per heavy atom. The van der Waals surface area contributed by atoms with E-state index in [1.165, 1.54) is 0 Å². The van der Waals surface area contributed by atoms with Crippen molar-refractivity contribution in [1.29, 1.82) is 0 Å². The van der Waals surface area contributed by atoms with Crippen LogP contribution in [0.1, 0.15) is 13.3 Å². The molecular weight excluding hydrogens is 104 g/mol. The number of hydrogen-bond donors (Lipinski definition) is 1. The molecule has 1 atom stereocenters. The Balaban J connectivity index is 1.84. The summed E-state index contributed by atoms with van der Waals surface area (Å²) in [7, 11) is 0. The van der Waals surface area contributed by atoms with E-state index in [-0.39, 0.29) is 6.10 Å². The topological polar surface area (TPSA) is 22.9 Å². The predicted octanol–water partition coefficient (Wildman–Crippen LogP) is 0.0756. The highest BCUT2D eigenvalue weighted by Crippen LogP contribution is 2.58. The van der Waals surface area contributed by atoms with E-state index in [1.54, 1.807) is 0 Å². The Morgan fingerprint density at radius 3 is 2.38 bits per heavy atom. The summed E-state index contributed by atoms with van der Waals surface area (Å²) in [6, 6.07) is 0. The number of aliphatic hydroxyl groups excluding tert-OH is 1. The van der Waals surface area contributed by atoms with Gasteiger partial charge in [-0.15, -0.1) is 0 Å². The van der Waals surface area contributed by atoms with Gasteiger partial charge in [0, 0.05) is 0 Å². The van der Waals surface area contributed by atoms with Gasteiger partial charge in [-0.2, -0.15) is 0 Å². The fourth-order valence-electron chi connectivity index (χ4n) is 1.31. The van der Waals surface area contributed by atoms with Crippen LogP contribution in [-0.4, -0.2) is 30.0 Å². The van der Waals surface area contributed by atoms with Crippen LogP contribution in [0.4, 0.5) is 0 Å². The van der Waals surface area contributed by atoms with Crippen molar-refractivity contribution in [3.05, 3.63) is 0 Å². The fourth-order valence-corrected chi connectivity index (χ4v) is 1.31. The molecule has 0 unspecified atom stereocenters. The summed E-state index contributed by atoms with van der Waals surface area (Å²) in [5.74, 6) is 0. The van der Waals surface area contributed by atoms with Crippen molar-refractivity contribution in [3.63, 3.8) is 0 Å². The van der Waals surface area contributed by atoms with Crippen LogP contribution < -0.4 is 0 Å². The van der Waals surface area contributed by atoms with Crippen molar-refractivity contribution in [1.82, 2.24) is 0 Å². The monoisotopic (exact) mass is 115 g/mol. The van der Waals surface area contributed by atoms with Gasteiger partial charge in [0.15, 0.2) is 0 Å². The number of rotatable bonds is 2. The summed E-state index contributed by atoms with van der Waals surface area (Å²) in [4.78, 5) is 0. The Labute approximate surface area is 48.8 Å². The maximum Gasteiger partial charge on any atom is 0.306 e. The molecule has 0 aromatic rings. The summed E-state index contributed by atoms with van der Waals surface area (Å²) in [5.41, 5.74) is 0.439. The Bertz CT molecular complexity index is 114. The van der Waals surface area contributed by atoms with Crippen molar-refractivity contribution in [2.75, 3.05) is 13.2 Å². The predicted molar refractivity (Wildman–Crippen MR) is 29.8 cm³/mol. The third-order valence-corrected chi connectivity index (χ3v) is 1.98. The molecule has 2 rings (SSSR count). The van der Waals surface area contributed by atoms with Gasteiger partial charge < -0.3 is 9.47 Å². The molecule has 2 aliphatic heterocycles. The van der Waals surface area contributed by atoms with Gasteiger partial charge in [-0.3, -0.25) is 0 Å². The summed E-state index contributed by atoms with van der Waals surface area (Å²) in [6.45, 7) is 4.18. The molecule has 2 heteroatoms. The highest BCUT2D eigenvalue weighted by atomic mass is 16.9. The first-order valence-electron chi connectivity index (χ1n) is 3.09. The zero-order chi connectivity index (χ0) is 5.78. The molecule has 0 aliphatic carbocycles. The molecule has 2 heterocycles. The van der Waals surface area contributed by atoms with Crippen LogP contribution in [0.25, 0.3) is 0 Å². The smallest absolute Gasteiger partial charge is 0.306 e. The van der Waals surface area contributed by atoms with Crippen LogP contribution in [0.15, 0.2) is 0 Å². The van der Waals surface area contributed by atoms with Gasteiger partial charge in [0.2, 0.25) is 13.2 Å². The van der Waals surface area contributed by atoms with Crippen molar-refractivity contribution in [3.8, 4) is 0 Å². The lowest BCUT2D eigenvalue weighted by Gasteiger charge is -1.93. The molecule has 2 nitrogen and oxygen atoms in total. The maximum absolute atomic E-state index is 8.91. The van der Waals surface area contributed by atoms with Crippen LogP contribution in [0, 0.1) is 0 Å². The average Bonchev–Trinajstić information content (AvgIpc) is 2.18. The second kappa shape index (κ2) is 1.09. The molecule has 2 aliphatic rings. The summed E-state index contributed by atoms with van der Waals surface area (Å²) < 4.78 is 3.04. The number of aliphatic hydroxyl groups is 1. The third-order valence-electron chi connectivity index (χ3n) is 1.98. The van der Waals surface area contributed by atoms with E-state index in [4.69, 9.17) is 5.11 Å². The minimum Gasteiger partial charge on any atom is -0.393 e. The molecule has 0 aromatic heterocycles. The van der Waals surface area contributed by atoms with E-state index < -0.39 is 0 Å². The van der Waals surface area contributed by atoms with E-state index in [0.29, 0.717) is 5.60 Å². The van der Waals surface area contributed by atoms with Crippen LogP contribution in [-0.2, 0) is 4.37 Å². The molecule has 0 bridgehead atoms. The molecule has 0 radical (unpaired) electrons. The molecule has 0 spiro atoms. The molecule has 0 saturated carbocycles. The summed E-state index contributed by atoms with van der Waals surface area (Å²) >= 11 is 0. The average molecular weight is 115 g/mol. The number of epoxide rings is 2. The zero-order valence-corrected chi connectivity index (χ0v) is 5.05. The second-order valence-corrected chi connectivity index (χ2v) is 3.02. The molecule has 8 heavy (non-hydrogen) atoms. The highest BCUT2D eigenvalue weighted by Gasteiger charge is 2.82. The lowest BCUT2D eigenvalue weighted by molar-refractivity contribution is 0.169. The van der Waals surface area contributed by atoms with Gasteiger partial charge in [0.25, 0.3) is 0 Å². The van der Waals surface area contributed by atoms with Gasteiger partial charge in [-0.25, -0.2) is 0 Å². The Hall–Kier alpha value is -0.0800. The van der Waals surface area contributed by atoms with Gasteiger partial charge in [-0.05, 0) is 6.92 Å². The molecule has 46 valence electrons. The maximum atomic E-state index is 8.91. The molecular formula is C6H11O2+. The van der Waals surface area contributed by atoms with Crippen LogP contribution in [0.2, 0.25) is 0 Å². The quantitative estimate of drug-likeness (QED) is 0.399. The van der Waals surface area contributed by atoms with Crippen molar-refractivity contribution >= 4 is 0 Å². The van der Waals surface area contributed by atoms with Crippen LogP contribution in [0.5, 0.6) is 0 Å². The van der Waals surface area contributed by atoms with Gasteiger partial charge >= 0.3 is 5.60 Å². The largest absolute Gasteiger partial charge is 0.393 e. The first-order valence-corrected chi connectivity index (χ1v) is 3.09. The first-order chi connectivity index (χ1) is 3.73. The second-order valence-electron chi connectivity index (χ2n) is 3.02. The molecule has 1 N–H and O–H groups in total. The normalized spacial score (nSPS) is 33.8. The standard InChI is InChI=1S/C6H11O2/c1-5(7)2-6-3-8(6)4-6/h5,7H,2-4H2,1H3/q+1/t5-/m0/s1. The summed E-state index contributed by atoms with van der Waals surface area (Å²) in [6.07, 6.45) is 0.840. The van der Waals surface area contributed by atoms with E-state index in [2.05, 4.69) is 4.37 Å². The van der Waals surface area contributed by atoms with Gasteiger partial charge in [0.1, 0.15) is 0 Å². The van der Waals surface area contributed by atoms with Crippen molar-refractivity contribution in [2.24, 2.45) is 0 Å². The van der Waals surface area contributed by atoms with Gasteiger partial charge in [-0.1, -0.05) is 0 Å². The molecule has 0 amide bonds. The minimum absolute atomic E-state index is 0.116. The number of fused-ring (bicyclic) bond motifs is 1. The molecule has 2 saturated heterocycles. The fraction of sp³-hybridized carbons (Fsp3) is 1.00. The lowest BCUT2D eigenvalue weighted by atomic mass is 10.1. The number of hydrogen-bond acceptors (Lipinski definition) is 1. The van der Waals surface area contributed by atoms with E-state index in [9.17, 15) is 0 Å².